The standard InChI is InChI=1S/C28H22ClF3N6O/c1-15-22(16(2)37(35-15)14-17-8-4-3-5-9-17)34-27(39)24-21(29)26-33-23-19-11-7-6-10-18(19)12-13-20(23)25(28(30,31)32)38(26)36-24/h3-11H,12-14H2,1-2H3,(H,34,39). The summed E-state index contributed by atoms with van der Waals surface area (Å²) in [4.78, 5) is 17.8. The van der Waals surface area contributed by atoms with E-state index in [1.165, 1.54) is 0 Å². The van der Waals surface area contributed by atoms with E-state index in [0.717, 1.165) is 11.1 Å². The Morgan fingerprint density at radius 3 is 2.49 bits per heavy atom. The molecule has 0 unspecified atom stereocenters. The fraction of sp³-hybridized carbons (Fsp3) is 0.214. The average molecular weight is 551 g/mol. The van der Waals surface area contributed by atoms with E-state index >= 15 is 0 Å². The Kier molecular flexibility index (Phi) is 5.95. The number of rotatable bonds is 4. The highest BCUT2D eigenvalue weighted by Gasteiger charge is 2.41. The quantitative estimate of drug-likeness (QED) is 0.286. The van der Waals surface area contributed by atoms with Gasteiger partial charge in [-0.2, -0.15) is 23.4 Å². The molecule has 0 radical (unpaired) electrons. The van der Waals surface area contributed by atoms with Crippen LogP contribution >= 0.6 is 11.6 Å². The fourth-order valence-corrected chi connectivity index (χ4v) is 5.39. The second kappa shape index (κ2) is 9.23. The van der Waals surface area contributed by atoms with Crippen LogP contribution in [0.1, 0.15) is 44.3 Å². The van der Waals surface area contributed by atoms with Crippen molar-refractivity contribution in [3.8, 4) is 11.3 Å². The van der Waals surface area contributed by atoms with Crippen molar-refractivity contribution in [3.05, 3.63) is 99.1 Å². The Bertz CT molecular complexity index is 1760. The lowest BCUT2D eigenvalue weighted by Crippen LogP contribution is -2.21. The molecule has 0 aliphatic heterocycles. The molecule has 7 nitrogen and oxygen atoms in total. The van der Waals surface area contributed by atoms with Crippen LogP contribution in [0.2, 0.25) is 5.02 Å². The summed E-state index contributed by atoms with van der Waals surface area (Å²) in [7, 11) is 0. The molecular weight excluding hydrogens is 529 g/mol. The number of carbonyl (C=O) groups is 1. The predicted octanol–water partition coefficient (Wildman–Crippen LogP) is 6.28. The third-order valence-corrected chi connectivity index (χ3v) is 7.35. The number of aryl methyl sites for hydroxylation is 2. The van der Waals surface area contributed by atoms with E-state index in [0.29, 0.717) is 40.1 Å². The number of alkyl halides is 3. The van der Waals surface area contributed by atoms with Crippen LogP contribution in [-0.2, 0) is 25.6 Å². The Morgan fingerprint density at radius 1 is 1.03 bits per heavy atom. The summed E-state index contributed by atoms with van der Waals surface area (Å²) in [5.74, 6) is -0.748. The van der Waals surface area contributed by atoms with Crippen LogP contribution < -0.4 is 5.32 Å². The van der Waals surface area contributed by atoms with E-state index in [4.69, 9.17) is 11.6 Å². The molecular formula is C28H22ClF3N6O. The molecule has 3 heterocycles. The van der Waals surface area contributed by atoms with Gasteiger partial charge in [-0.25, -0.2) is 9.50 Å². The topological polar surface area (TPSA) is 77.1 Å². The van der Waals surface area contributed by atoms with Gasteiger partial charge in [0, 0.05) is 11.1 Å². The SMILES string of the molecule is Cc1nn(Cc2ccccc2)c(C)c1NC(=O)c1nn2c(C(F)(F)F)c3c(nc2c1Cl)-c1ccccc1CC3. The minimum absolute atomic E-state index is 0.0358. The fourth-order valence-electron chi connectivity index (χ4n) is 5.14. The van der Waals surface area contributed by atoms with Gasteiger partial charge in [0.1, 0.15) is 5.02 Å². The van der Waals surface area contributed by atoms with Crippen molar-refractivity contribution < 1.29 is 18.0 Å². The van der Waals surface area contributed by atoms with Gasteiger partial charge in [0.2, 0.25) is 0 Å². The number of amides is 1. The van der Waals surface area contributed by atoms with Crippen LogP contribution in [0, 0.1) is 13.8 Å². The summed E-state index contributed by atoms with van der Waals surface area (Å²) in [5, 5.41) is 11.1. The van der Waals surface area contributed by atoms with Gasteiger partial charge < -0.3 is 5.32 Å². The van der Waals surface area contributed by atoms with Gasteiger partial charge in [-0.05, 0) is 37.8 Å². The number of nitrogens with one attached hydrogen (secondary N) is 1. The zero-order chi connectivity index (χ0) is 27.5. The van der Waals surface area contributed by atoms with Gasteiger partial charge in [-0.15, -0.1) is 0 Å². The summed E-state index contributed by atoms with van der Waals surface area (Å²) in [6, 6.07) is 16.9. The summed E-state index contributed by atoms with van der Waals surface area (Å²) in [6.45, 7) is 4.03. The molecule has 1 aliphatic carbocycles. The van der Waals surface area contributed by atoms with E-state index in [9.17, 15) is 18.0 Å². The number of carbonyl (C=O) groups excluding carboxylic acids is 1. The highest BCUT2D eigenvalue weighted by atomic mass is 35.5. The molecule has 0 spiro atoms. The Hall–Kier alpha value is -4.18. The minimum atomic E-state index is -4.74. The average Bonchev–Trinajstić information content (AvgIpc) is 3.37. The molecule has 1 aliphatic rings. The summed E-state index contributed by atoms with van der Waals surface area (Å²) in [5.41, 5.74) is 2.94. The lowest BCUT2D eigenvalue weighted by Gasteiger charge is -2.23. The molecule has 198 valence electrons. The minimum Gasteiger partial charge on any atom is -0.317 e. The largest absolute Gasteiger partial charge is 0.433 e. The van der Waals surface area contributed by atoms with Crippen molar-refractivity contribution in [2.45, 2.75) is 39.4 Å². The molecule has 1 amide bonds. The number of halogens is 4. The summed E-state index contributed by atoms with van der Waals surface area (Å²) >= 11 is 6.51. The van der Waals surface area contributed by atoms with Crippen molar-refractivity contribution in [1.82, 2.24) is 24.4 Å². The number of aromatic nitrogens is 5. The number of nitrogens with zero attached hydrogens (tertiary/aromatic N) is 5. The molecule has 39 heavy (non-hydrogen) atoms. The molecule has 0 saturated heterocycles. The molecule has 3 aromatic heterocycles. The molecule has 5 aromatic rings. The Morgan fingerprint density at radius 2 is 1.74 bits per heavy atom. The summed E-state index contributed by atoms with van der Waals surface area (Å²) in [6.07, 6.45) is -4.16. The zero-order valence-electron chi connectivity index (χ0n) is 21.0. The maximum Gasteiger partial charge on any atom is 0.433 e. The van der Waals surface area contributed by atoms with Crippen LogP contribution in [0.15, 0.2) is 54.6 Å². The van der Waals surface area contributed by atoms with Gasteiger partial charge >= 0.3 is 6.18 Å². The predicted molar refractivity (Wildman–Crippen MR) is 141 cm³/mol. The molecule has 0 fully saturated rings. The highest BCUT2D eigenvalue weighted by molar-refractivity contribution is 6.37. The second-order valence-corrected chi connectivity index (χ2v) is 9.86. The van der Waals surface area contributed by atoms with E-state index in [1.807, 2.05) is 42.5 Å². The van der Waals surface area contributed by atoms with E-state index in [2.05, 4.69) is 20.5 Å². The smallest absolute Gasteiger partial charge is 0.317 e. The molecule has 11 heteroatoms. The maximum absolute atomic E-state index is 14.4. The summed E-state index contributed by atoms with van der Waals surface area (Å²) < 4.78 is 45.7. The second-order valence-electron chi connectivity index (χ2n) is 9.48. The first-order valence-electron chi connectivity index (χ1n) is 12.3. The molecule has 6 rings (SSSR count). The van der Waals surface area contributed by atoms with Gasteiger partial charge in [-0.1, -0.05) is 66.2 Å². The van der Waals surface area contributed by atoms with Crippen LogP contribution in [0.25, 0.3) is 16.9 Å². The first kappa shape index (κ1) is 25.1. The van der Waals surface area contributed by atoms with E-state index in [1.54, 1.807) is 30.7 Å². The van der Waals surface area contributed by atoms with Crippen molar-refractivity contribution in [3.63, 3.8) is 0 Å². The van der Waals surface area contributed by atoms with Gasteiger partial charge in [0.05, 0.1) is 29.3 Å². The van der Waals surface area contributed by atoms with Crippen molar-refractivity contribution in [2.24, 2.45) is 0 Å². The van der Waals surface area contributed by atoms with Crippen molar-refractivity contribution in [2.75, 3.05) is 5.32 Å². The lowest BCUT2D eigenvalue weighted by molar-refractivity contribution is -0.143. The number of hydrogen-bond donors (Lipinski definition) is 1. The van der Waals surface area contributed by atoms with Gasteiger partial charge in [-0.3, -0.25) is 9.48 Å². The normalized spacial score (nSPS) is 12.9. The molecule has 2 aromatic carbocycles. The molecule has 0 saturated carbocycles. The van der Waals surface area contributed by atoms with E-state index in [-0.39, 0.29) is 34.0 Å². The van der Waals surface area contributed by atoms with Crippen LogP contribution in [0.4, 0.5) is 18.9 Å². The molecule has 1 N–H and O–H groups in total. The Labute approximate surface area is 226 Å². The van der Waals surface area contributed by atoms with E-state index < -0.39 is 17.8 Å². The van der Waals surface area contributed by atoms with Crippen LogP contribution in [0.5, 0.6) is 0 Å². The van der Waals surface area contributed by atoms with Crippen molar-refractivity contribution >= 4 is 28.8 Å². The lowest BCUT2D eigenvalue weighted by atomic mass is 9.88. The van der Waals surface area contributed by atoms with Crippen molar-refractivity contribution in [1.29, 1.82) is 0 Å². The van der Waals surface area contributed by atoms with Gasteiger partial charge in [0.15, 0.2) is 17.0 Å². The maximum atomic E-state index is 14.4. The monoisotopic (exact) mass is 550 g/mol. The number of hydrogen-bond acceptors (Lipinski definition) is 4. The molecule has 0 bridgehead atoms. The third-order valence-electron chi connectivity index (χ3n) is 7.00. The first-order chi connectivity index (χ1) is 18.6. The number of fused-ring (bicyclic) bond motifs is 4. The molecule has 0 atom stereocenters. The van der Waals surface area contributed by atoms with Crippen LogP contribution in [0.3, 0.4) is 0 Å². The first-order valence-corrected chi connectivity index (χ1v) is 12.7. The van der Waals surface area contributed by atoms with Gasteiger partial charge in [0.25, 0.3) is 5.91 Å². The number of benzene rings is 2. The number of anilines is 1. The third kappa shape index (κ3) is 4.24. The Balaban J connectivity index is 1.42. The highest BCUT2D eigenvalue weighted by Crippen LogP contribution is 2.42. The zero-order valence-corrected chi connectivity index (χ0v) is 21.7. The van der Waals surface area contributed by atoms with Crippen LogP contribution in [-0.4, -0.2) is 30.3 Å².